The van der Waals surface area contributed by atoms with Gasteiger partial charge >= 0.3 is 0 Å². The van der Waals surface area contributed by atoms with Crippen molar-refractivity contribution in [3.05, 3.63) is 119 Å². The molecule has 40 heavy (non-hydrogen) atoms. The van der Waals surface area contributed by atoms with Crippen molar-refractivity contribution in [2.24, 2.45) is 0 Å². The summed E-state index contributed by atoms with van der Waals surface area (Å²) in [6.07, 6.45) is 0.307. The number of aryl methyl sites for hydroxylation is 2. The summed E-state index contributed by atoms with van der Waals surface area (Å²) in [5.74, 6) is 1.65. The van der Waals surface area contributed by atoms with Gasteiger partial charge < -0.3 is 14.8 Å². The molecule has 0 radical (unpaired) electrons. The highest BCUT2D eigenvalue weighted by molar-refractivity contribution is 5.98. The number of para-hydroxylation sites is 1. The first-order valence-electron chi connectivity index (χ1n) is 13.3. The van der Waals surface area contributed by atoms with Crippen LogP contribution < -0.4 is 20.2 Å². The van der Waals surface area contributed by atoms with Crippen molar-refractivity contribution in [3.63, 3.8) is 0 Å². The molecule has 0 heterocycles. The van der Waals surface area contributed by atoms with E-state index in [2.05, 4.69) is 10.7 Å². The van der Waals surface area contributed by atoms with Crippen LogP contribution in [0, 0.1) is 13.8 Å². The molecule has 4 aromatic rings. The quantitative estimate of drug-likeness (QED) is 0.219. The fourth-order valence-electron chi connectivity index (χ4n) is 4.25. The number of hydrogen-bond donors (Lipinski definition) is 2. The fraction of sp³-hybridized carbons (Fsp3) is 0.212. The van der Waals surface area contributed by atoms with Gasteiger partial charge in [0.05, 0.1) is 12.8 Å². The van der Waals surface area contributed by atoms with Gasteiger partial charge in [0.1, 0.15) is 23.3 Å². The van der Waals surface area contributed by atoms with Gasteiger partial charge in [-0.2, -0.15) is 0 Å². The number of benzene rings is 4. The molecule has 1 unspecified atom stereocenters. The number of nitrogens with one attached hydrogen (secondary N) is 2. The van der Waals surface area contributed by atoms with Crippen LogP contribution in [-0.2, 0) is 11.2 Å². The molecule has 2 amide bonds. The van der Waals surface area contributed by atoms with Crippen LogP contribution in [0.15, 0.2) is 97.1 Å². The molecule has 0 saturated heterocycles. The highest BCUT2D eigenvalue weighted by Gasteiger charge is 2.26. The van der Waals surface area contributed by atoms with Crippen LogP contribution in [-0.4, -0.2) is 36.5 Å². The Balaban J connectivity index is 1.54. The predicted octanol–water partition coefficient (Wildman–Crippen LogP) is 6.32. The number of rotatable bonds is 11. The first-order valence-corrected chi connectivity index (χ1v) is 13.3. The Bertz CT molecular complexity index is 1440. The maximum atomic E-state index is 13.8. The average Bonchev–Trinajstić information content (AvgIpc) is 2.97. The van der Waals surface area contributed by atoms with Crippen molar-refractivity contribution in [2.75, 3.05) is 19.1 Å². The maximum absolute atomic E-state index is 13.8. The Kier molecular flexibility index (Phi) is 9.41. The molecule has 0 aliphatic heterocycles. The van der Waals surface area contributed by atoms with Gasteiger partial charge in [-0.3, -0.25) is 20.0 Å². The topological polar surface area (TPSA) is 79.9 Å². The summed E-state index contributed by atoms with van der Waals surface area (Å²) in [6, 6.07) is 29.2. The molecule has 0 bridgehead atoms. The predicted molar refractivity (Wildman–Crippen MR) is 158 cm³/mol. The largest absolute Gasteiger partial charge is 0.497 e. The second-order valence-electron chi connectivity index (χ2n) is 9.53. The van der Waals surface area contributed by atoms with Gasteiger partial charge in [0.25, 0.3) is 11.8 Å². The van der Waals surface area contributed by atoms with Crippen molar-refractivity contribution in [1.29, 1.82) is 0 Å². The highest BCUT2D eigenvalue weighted by atomic mass is 16.5. The van der Waals surface area contributed by atoms with E-state index < -0.39 is 6.04 Å². The van der Waals surface area contributed by atoms with Crippen LogP contribution in [0.1, 0.15) is 34.0 Å². The van der Waals surface area contributed by atoms with Gasteiger partial charge in [0.2, 0.25) is 0 Å². The number of likely N-dealkylation sites (N-methyl/N-ethyl adjacent to an activating group) is 1. The summed E-state index contributed by atoms with van der Waals surface area (Å²) in [5.41, 5.74) is 7.31. The number of ether oxygens (including phenoxy) is 2. The van der Waals surface area contributed by atoms with E-state index in [1.165, 1.54) is 5.01 Å². The minimum absolute atomic E-state index is 0.250. The molecule has 0 aliphatic carbocycles. The molecule has 4 aromatic carbocycles. The normalized spacial score (nSPS) is 11.3. The van der Waals surface area contributed by atoms with Crippen molar-refractivity contribution >= 4 is 17.5 Å². The second kappa shape index (κ2) is 13.3. The van der Waals surface area contributed by atoms with Gasteiger partial charge in [0.15, 0.2) is 0 Å². The zero-order valence-electron chi connectivity index (χ0n) is 23.3. The van der Waals surface area contributed by atoms with Gasteiger partial charge in [-0.1, -0.05) is 48.0 Å². The van der Waals surface area contributed by atoms with E-state index in [0.717, 1.165) is 33.9 Å². The molecule has 0 fully saturated rings. The molecular weight excluding hydrogens is 502 g/mol. The van der Waals surface area contributed by atoms with Crippen molar-refractivity contribution in [3.8, 4) is 17.2 Å². The Morgan fingerprint density at radius 1 is 0.850 bits per heavy atom. The number of anilines is 1. The fourth-order valence-corrected chi connectivity index (χ4v) is 4.25. The minimum Gasteiger partial charge on any atom is -0.497 e. The van der Waals surface area contributed by atoms with Crippen LogP contribution in [0.3, 0.4) is 0 Å². The zero-order valence-corrected chi connectivity index (χ0v) is 23.3. The Labute approximate surface area is 235 Å². The van der Waals surface area contributed by atoms with E-state index in [-0.39, 0.29) is 11.8 Å². The maximum Gasteiger partial charge on any atom is 0.263 e. The van der Waals surface area contributed by atoms with Crippen LogP contribution >= 0.6 is 0 Å². The Morgan fingerprint density at radius 3 is 2.20 bits per heavy atom. The second-order valence-corrected chi connectivity index (χ2v) is 9.53. The van der Waals surface area contributed by atoms with E-state index >= 15 is 0 Å². The van der Waals surface area contributed by atoms with E-state index in [4.69, 9.17) is 9.47 Å². The molecule has 0 aliphatic rings. The lowest BCUT2D eigenvalue weighted by molar-refractivity contribution is -0.131. The van der Waals surface area contributed by atoms with E-state index in [1.807, 2.05) is 112 Å². The minimum atomic E-state index is -0.804. The summed E-state index contributed by atoms with van der Waals surface area (Å²) in [5, 5.41) is 4.48. The number of hydrazine groups is 1. The van der Waals surface area contributed by atoms with Gasteiger partial charge in [0, 0.05) is 18.5 Å². The zero-order chi connectivity index (χ0) is 28.5. The third kappa shape index (κ3) is 7.41. The molecule has 2 N–H and O–H groups in total. The molecule has 0 spiro atoms. The Hall–Kier alpha value is -4.78. The third-order valence-corrected chi connectivity index (χ3v) is 6.50. The summed E-state index contributed by atoms with van der Waals surface area (Å²) in [6.45, 7) is 6.20. The van der Waals surface area contributed by atoms with Crippen LogP contribution in [0.4, 0.5) is 5.69 Å². The number of nitrogens with zero attached hydrogens (tertiary/aromatic N) is 1. The lowest BCUT2D eigenvalue weighted by Crippen LogP contribution is -2.51. The molecular formula is C33H35N3O4. The molecule has 1 atom stereocenters. The molecule has 4 rings (SSSR count). The highest BCUT2D eigenvalue weighted by Crippen LogP contribution is 2.25. The van der Waals surface area contributed by atoms with Gasteiger partial charge in [-0.15, -0.1) is 0 Å². The number of hydrogen-bond acceptors (Lipinski definition) is 5. The summed E-state index contributed by atoms with van der Waals surface area (Å²) in [4.78, 5) is 27.0. The lowest BCUT2D eigenvalue weighted by atomic mass is 10.0. The van der Waals surface area contributed by atoms with Gasteiger partial charge in [-0.25, -0.2) is 0 Å². The number of methoxy groups -OCH3 is 1. The summed E-state index contributed by atoms with van der Waals surface area (Å²) in [7, 11) is 1.60. The van der Waals surface area contributed by atoms with Crippen LogP contribution in [0.5, 0.6) is 17.2 Å². The van der Waals surface area contributed by atoms with Crippen LogP contribution in [0.2, 0.25) is 0 Å². The smallest absolute Gasteiger partial charge is 0.263 e. The average molecular weight is 538 g/mol. The van der Waals surface area contributed by atoms with Crippen LogP contribution in [0.25, 0.3) is 0 Å². The lowest BCUT2D eigenvalue weighted by Gasteiger charge is -2.28. The standard InChI is InChI=1S/C33H35N3O4/c1-5-36(35-27-15-19-28(39-4)20-16-27)33(38)30(34-32(37)26-11-8-9-23(2)21-26)22-25-13-17-29(18-14-25)40-31-12-7-6-10-24(31)3/h6-21,30,35H,5,22H2,1-4H3,(H,34,37). The van der Waals surface area contributed by atoms with Crippen molar-refractivity contribution in [1.82, 2.24) is 10.3 Å². The summed E-state index contributed by atoms with van der Waals surface area (Å²) >= 11 is 0. The number of carbonyl (C=O) groups excluding carboxylic acids is 2. The van der Waals surface area contributed by atoms with E-state index in [9.17, 15) is 9.59 Å². The van der Waals surface area contributed by atoms with E-state index in [0.29, 0.717) is 24.3 Å². The molecule has 0 aromatic heterocycles. The Morgan fingerprint density at radius 2 is 1.55 bits per heavy atom. The molecule has 206 valence electrons. The summed E-state index contributed by atoms with van der Waals surface area (Å²) < 4.78 is 11.3. The third-order valence-electron chi connectivity index (χ3n) is 6.50. The number of amides is 2. The number of carbonyl (C=O) groups is 2. The molecule has 7 heteroatoms. The molecule has 7 nitrogen and oxygen atoms in total. The SMILES string of the molecule is CCN(Nc1ccc(OC)cc1)C(=O)C(Cc1ccc(Oc2ccccc2C)cc1)NC(=O)c1cccc(C)c1. The van der Waals surface area contributed by atoms with Crippen molar-refractivity contribution < 1.29 is 19.1 Å². The molecule has 0 saturated carbocycles. The van der Waals surface area contributed by atoms with Gasteiger partial charge in [-0.05, 0) is 86.5 Å². The van der Waals surface area contributed by atoms with E-state index in [1.54, 1.807) is 13.2 Å². The first-order chi connectivity index (χ1) is 19.4. The monoisotopic (exact) mass is 537 g/mol. The first kappa shape index (κ1) is 28.2. The van der Waals surface area contributed by atoms with Crippen molar-refractivity contribution in [2.45, 2.75) is 33.2 Å².